The average molecular weight is 279 g/mol. The van der Waals surface area contributed by atoms with E-state index < -0.39 is 16.4 Å². The SMILES string of the molecule is CC(C)(Nc1cc2c(cc1[N+](=O)[O-])CC(=O)N2)C(=O)O. The van der Waals surface area contributed by atoms with Crippen LogP contribution < -0.4 is 10.6 Å². The number of nitro benzene ring substituents is 1. The number of benzene rings is 1. The van der Waals surface area contributed by atoms with Crippen LogP contribution in [-0.2, 0) is 16.0 Å². The predicted molar refractivity (Wildman–Crippen MR) is 70.8 cm³/mol. The van der Waals surface area contributed by atoms with E-state index in [4.69, 9.17) is 5.11 Å². The molecule has 20 heavy (non-hydrogen) atoms. The molecule has 1 amide bonds. The molecule has 8 nitrogen and oxygen atoms in total. The van der Waals surface area contributed by atoms with E-state index in [-0.39, 0.29) is 23.7 Å². The number of hydrogen-bond donors (Lipinski definition) is 3. The first kappa shape index (κ1) is 13.8. The molecular weight excluding hydrogens is 266 g/mol. The number of carboxylic acids is 1. The van der Waals surface area contributed by atoms with Gasteiger partial charge in [0.15, 0.2) is 0 Å². The molecule has 106 valence electrons. The van der Waals surface area contributed by atoms with Crippen LogP contribution in [-0.4, -0.2) is 27.4 Å². The summed E-state index contributed by atoms with van der Waals surface area (Å²) in [6.45, 7) is 2.79. The van der Waals surface area contributed by atoms with Gasteiger partial charge in [0, 0.05) is 11.8 Å². The van der Waals surface area contributed by atoms with Crippen molar-refractivity contribution in [3.63, 3.8) is 0 Å². The Kier molecular flexibility index (Phi) is 3.09. The number of carbonyl (C=O) groups is 2. The lowest BCUT2D eigenvalue weighted by atomic mass is 10.0. The van der Waals surface area contributed by atoms with Gasteiger partial charge < -0.3 is 15.7 Å². The third-order valence-electron chi connectivity index (χ3n) is 3.03. The summed E-state index contributed by atoms with van der Waals surface area (Å²) in [6.07, 6.45) is 0.0821. The summed E-state index contributed by atoms with van der Waals surface area (Å²) < 4.78 is 0. The first-order valence-electron chi connectivity index (χ1n) is 5.83. The molecule has 0 fully saturated rings. The zero-order valence-corrected chi connectivity index (χ0v) is 10.9. The Labute approximate surface area is 113 Å². The van der Waals surface area contributed by atoms with Gasteiger partial charge in [0.05, 0.1) is 11.3 Å². The Morgan fingerprint density at radius 1 is 1.50 bits per heavy atom. The maximum absolute atomic E-state index is 11.3. The largest absolute Gasteiger partial charge is 0.480 e. The minimum Gasteiger partial charge on any atom is -0.480 e. The number of nitrogens with one attached hydrogen (secondary N) is 2. The van der Waals surface area contributed by atoms with Crippen LogP contribution in [0.2, 0.25) is 0 Å². The molecule has 0 aliphatic carbocycles. The lowest BCUT2D eigenvalue weighted by Gasteiger charge is -2.22. The number of rotatable bonds is 4. The number of hydrogen-bond acceptors (Lipinski definition) is 5. The summed E-state index contributed by atoms with van der Waals surface area (Å²) in [5.74, 6) is -1.39. The first-order valence-corrected chi connectivity index (χ1v) is 5.83. The number of nitro groups is 1. The van der Waals surface area contributed by atoms with Crippen molar-refractivity contribution < 1.29 is 19.6 Å². The maximum Gasteiger partial charge on any atom is 0.328 e. The van der Waals surface area contributed by atoms with Crippen LogP contribution in [0.1, 0.15) is 19.4 Å². The quantitative estimate of drug-likeness (QED) is 0.565. The second-order valence-corrected chi connectivity index (χ2v) is 5.06. The molecular formula is C12H13N3O5. The number of carboxylic acid groups (broad SMARTS) is 1. The number of aliphatic carboxylic acids is 1. The monoisotopic (exact) mass is 279 g/mol. The van der Waals surface area contributed by atoms with Crippen LogP contribution >= 0.6 is 0 Å². The van der Waals surface area contributed by atoms with Crippen molar-refractivity contribution in [2.75, 3.05) is 10.6 Å². The number of carbonyl (C=O) groups excluding carboxylic acids is 1. The van der Waals surface area contributed by atoms with Gasteiger partial charge in [0.25, 0.3) is 5.69 Å². The minimum atomic E-state index is -1.37. The van der Waals surface area contributed by atoms with Crippen molar-refractivity contribution in [3.8, 4) is 0 Å². The molecule has 0 bridgehead atoms. The average Bonchev–Trinajstić information content (AvgIpc) is 2.66. The predicted octanol–water partition coefficient (Wildman–Crippen LogP) is 1.36. The molecule has 2 rings (SSSR count). The van der Waals surface area contributed by atoms with E-state index in [2.05, 4.69) is 10.6 Å². The molecule has 0 spiro atoms. The molecule has 1 aliphatic heterocycles. The molecule has 0 aromatic heterocycles. The molecule has 1 aliphatic rings. The van der Waals surface area contributed by atoms with E-state index in [9.17, 15) is 19.7 Å². The van der Waals surface area contributed by atoms with Gasteiger partial charge in [0.1, 0.15) is 11.2 Å². The first-order chi connectivity index (χ1) is 9.20. The van der Waals surface area contributed by atoms with Crippen LogP contribution in [0.4, 0.5) is 17.1 Å². The van der Waals surface area contributed by atoms with E-state index in [1.54, 1.807) is 0 Å². The normalized spacial score (nSPS) is 13.6. The standard InChI is InChI=1S/C12H13N3O5/c1-12(2,11(17)18)14-8-5-7-6(4-10(16)13-7)3-9(8)15(19)20/h3,5,14H,4H2,1-2H3,(H,13,16)(H,17,18). The van der Waals surface area contributed by atoms with Crippen LogP contribution in [0.5, 0.6) is 0 Å². The van der Waals surface area contributed by atoms with Gasteiger partial charge in [-0.2, -0.15) is 0 Å². The van der Waals surface area contributed by atoms with Crippen molar-refractivity contribution in [2.45, 2.75) is 25.8 Å². The second kappa shape index (κ2) is 4.48. The van der Waals surface area contributed by atoms with Gasteiger partial charge in [-0.1, -0.05) is 0 Å². The Morgan fingerprint density at radius 2 is 2.15 bits per heavy atom. The highest BCUT2D eigenvalue weighted by atomic mass is 16.6. The maximum atomic E-state index is 11.3. The third-order valence-corrected chi connectivity index (χ3v) is 3.03. The number of anilines is 2. The van der Waals surface area contributed by atoms with Gasteiger partial charge in [-0.3, -0.25) is 14.9 Å². The Bertz CT molecular complexity index is 624. The molecule has 0 atom stereocenters. The summed E-state index contributed by atoms with van der Waals surface area (Å²) in [5, 5.41) is 25.3. The summed E-state index contributed by atoms with van der Waals surface area (Å²) in [4.78, 5) is 32.8. The fourth-order valence-corrected chi connectivity index (χ4v) is 1.90. The highest BCUT2D eigenvalue weighted by Gasteiger charge is 2.31. The van der Waals surface area contributed by atoms with Crippen LogP contribution in [0.15, 0.2) is 12.1 Å². The molecule has 0 radical (unpaired) electrons. The molecule has 0 saturated carbocycles. The lowest BCUT2D eigenvalue weighted by Crippen LogP contribution is -2.40. The zero-order valence-electron chi connectivity index (χ0n) is 10.9. The zero-order chi connectivity index (χ0) is 15.1. The number of fused-ring (bicyclic) bond motifs is 1. The van der Waals surface area contributed by atoms with Crippen molar-refractivity contribution in [3.05, 3.63) is 27.8 Å². The van der Waals surface area contributed by atoms with E-state index >= 15 is 0 Å². The van der Waals surface area contributed by atoms with Gasteiger partial charge in [-0.15, -0.1) is 0 Å². The summed E-state index contributed by atoms with van der Waals surface area (Å²) in [6, 6.07) is 2.68. The fourth-order valence-electron chi connectivity index (χ4n) is 1.90. The smallest absolute Gasteiger partial charge is 0.328 e. The minimum absolute atomic E-state index is 0.0587. The summed E-state index contributed by atoms with van der Waals surface area (Å²) in [5.41, 5.74) is -0.579. The molecule has 1 heterocycles. The Hall–Kier alpha value is -2.64. The highest BCUT2D eigenvalue weighted by molar-refractivity contribution is 6.00. The molecule has 0 unspecified atom stereocenters. The highest BCUT2D eigenvalue weighted by Crippen LogP contribution is 2.35. The Morgan fingerprint density at radius 3 is 2.70 bits per heavy atom. The van der Waals surface area contributed by atoms with Crippen LogP contribution in [0, 0.1) is 10.1 Å². The van der Waals surface area contributed by atoms with Crippen molar-refractivity contribution in [2.24, 2.45) is 0 Å². The van der Waals surface area contributed by atoms with E-state index in [1.807, 2.05) is 0 Å². The molecule has 0 saturated heterocycles. The van der Waals surface area contributed by atoms with Crippen LogP contribution in [0.3, 0.4) is 0 Å². The number of nitrogens with zero attached hydrogens (tertiary/aromatic N) is 1. The Balaban J connectivity index is 2.47. The molecule has 1 aromatic carbocycles. The van der Waals surface area contributed by atoms with Gasteiger partial charge in [-0.25, -0.2) is 4.79 Å². The van der Waals surface area contributed by atoms with Crippen molar-refractivity contribution in [1.82, 2.24) is 0 Å². The molecule has 1 aromatic rings. The van der Waals surface area contributed by atoms with Gasteiger partial charge in [0.2, 0.25) is 5.91 Å². The third kappa shape index (κ3) is 2.40. The van der Waals surface area contributed by atoms with Gasteiger partial charge in [-0.05, 0) is 25.5 Å². The molecule has 3 N–H and O–H groups in total. The van der Waals surface area contributed by atoms with E-state index in [1.165, 1.54) is 26.0 Å². The fraction of sp³-hybridized carbons (Fsp3) is 0.333. The lowest BCUT2D eigenvalue weighted by molar-refractivity contribution is -0.384. The van der Waals surface area contributed by atoms with Crippen molar-refractivity contribution in [1.29, 1.82) is 0 Å². The van der Waals surface area contributed by atoms with Crippen molar-refractivity contribution >= 4 is 28.9 Å². The topological polar surface area (TPSA) is 122 Å². The van der Waals surface area contributed by atoms with E-state index in [0.29, 0.717) is 11.3 Å². The van der Waals surface area contributed by atoms with Gasteiger partial charge >= 0.3 is 5.97 Å². The molecule has 8 heteroatoms. The second-order valence-electron chi connectivity index (χ2n) is 5.06. The van der Waals surface area contributed by atoms with Crippen LogP contribution in [0.25, 0.3) is 0 Å². The number of amides is 1. The summed E-state index contributed by atoms with van der Waals surface area (Å²) in [7, 11) is 0. The summed E-state index contributed by atoms with van der Waals surface area (Å²) >= 11 is 0. The van der Waals surface area contributed by atoms with E-state index in [0.717, 1.165) is 0 Å².